The number of hydrogen-bond acceptors (Lipinski definition) is 7. The number of carbonyl (C=O) groups excluding carboxylic acids is 5. The van der Waals surface area contributed by atoms with Gasteiger partial charge in [0.05, 0.1) is 13.0 Å². The molecule has 0 unspecified atom stereocenters. The van der Waals surface area contributed by atoms with Crippen LogP contribution in [0.5, 0.6) is 0 Å². The number of hydrogen-bond donors (Lipinski definition) is 4. The van der Waals surface area contributed by atoms with Gasteiger partial charge in [0.15, 0.2) is 0 Å². The molecule has 0 aliphatic rings. The first kappa shape index (κ1) is 45.2. The molecule has 5 aromatic rings. The van der Waals surface area contributed by atoms with Gasteiger partial charge >= 0.3 is 5.97 Å². The van der Waals surface area contributed by atoms with E-state index in [2.05, 4.69) is 26.3 Å². The first-order valence-electron chi connectivity index (χ1n) is 20.7. The minimum Gasteiger partial charge on any atom is -0.463 e. The molecule has 0 radical (unpaired) electrons. The summed E-state index contributed by atoms with van der Waals surface area (Å²) in [5.74, 6) is -2.23. The maximum Gasteiger partial charge on any atom is 0.330 e. The van der Waals surface area contributed by atoms with Crippen molar-refractivity contribution in [2.75, 3.05) is 6.61 Å². The molecule has 0 spiro atoms. The van der Waals surface area contributed by atoms with Gasteiger partial charge in [-0.1, -0.05) is 141 Å². The van der Waals surface area contributed by atoms with E-state index in [4.69, 9.17) is 4.74 Å². The third-order valence-corrected chi connectivity index (χ3v) is 10.1. The molecule has 0 saturated heterocycles. The fourth-order valence-corrected chi connectivity index (χ4v) is 7.19. The van der Waals surface area contributed by atoms with Crippen LogP contribution in [0.15, 0.2) is 158 Å². The number of rotatable bonds is 21. The zero-order valence-corrected chi connectivity index (χ0v) is 35.0. The first-order chi connectivity index (χ1) is 29.6. The van der Waals surface area contributed by atoms with Crippen LogP contribution in [0.2, 0.25) is 0 Å². The molecule has 0 bridgehead atoms. The molecule has 1 aromatic heterocycles. The molecule has 4 amide bonds. The molecule has 0 aliphatic carbocycles. The Morgan fingerprint density at radius 2 is 1.16 bits per heavy atom. The second kappa shape index (κ2) is 23.1. The smallest absolute Gasteiger partial charge is 0.330 e. The molecular weight excluding hydrogens is 767 g/mol. The van der Waals surface area contributed by atoms with E-state index >= 15 is 0 Å². The van der Waals surface area contributed by atoms with Crippen LogP contribution in [0.4, 0.5) is 0 Å². The number of pyridine rings is 1. The highest BCUT2D eigenvalue weighted by atomic mass is 16.5. The third-order valence-electron chi connectivity index (χ3n) is 10.1. The topological polar surface area (TPSA) is 156 Å². The molecule has 3 atom stereocenters. The second-order valence-corrected chi connectivity index (χ2v) is 15.2. The van der Waals surface area contributed by atoms with Crippen molar-refractivity contribution in [3.8, 4) is 0 Å². The van der Waals surface area contributed by atoms with E-state index in [0.29, 0.717) is 6.42 Å². The Morgan fingerprint density at radius 1 is 0.639 bits per heavy atom. The third kappa shape index (κ3) is 13.6. The number of esters is 1. The fraction of sp³-hybridized carbons (Fsp3) is 0.280. The van der Waals surface area contributed by atoms with Crippen molar-refractivity contribution in [2.45, 2.75) is 76.5 Å². The van der Waals surface area contributed by atoms with Gasteiger partial charge in [0.1, 0.15) is 17.6 Å². The van der Waals surface area contributed by atoms with Crippen molar-refractivity contribution < 1.29 is 28.7 Å². The van der Waals surface area contributed by atoms with Crippen molar-refractivity contribution in [2.24, 2.45) is 5.92 Å². The molecule has 5 rings (SSSR count). The number of amides is 4. The summed E-state index contributed by atoms with van der Waals surface area (Å²) in [6.07, 6.45) is 6.54. The van der Waals surface area contributed by atoms with Crippen molar-refractivity contribution in [3.05, 3.63) is 186 Å². The Balaban J connectivity index is 1.39. The lowest BCUT2D eigenvalue weighted by Crippen LogP contribution is -2.56. The predicted molar refractivity (Wildman–Crippen MR) is 236 cm³/mol. The fourth-order valence-electron chi connectivity index (χ4n) is 7.19. The molecule has 0 fully saturated rings. The molecule has 4 aromatic carbocycles. The van der Waals surface area contributed by atoms with Crippen LogP contribution >= 0.6 is 0 Å². The van der Waals surface area contributed by atoms with Gasteiger partial charge in [-0.25, -0.2) is 4.79 Å². The van der Waals surface area contributed by atoms with Crippen molar-refractivity contribution >= 4 is 29.6 Å². The molecule has 0 aliphatic heterocycles. The minimum atomic E-state index is -1.07. The van der Waals surface area contributed by atoms with E-state index < -0.39 is 41.4 Å². The lowest BCUT2D eigenvalue weighted by atomic mass is 9.77. The highest BCUT2D eigenvalue weighted by Crippen LogP contribution is 2.37. The van der Waals surface area contributed by atoms with Crippen LogP contribution < -0.4 is 21.3 Å². The van der Waals surface area contributed by atoms with Gasteiger partial charge in [-0.05, 0) is 65.6 Å². The Morgan fingerprint density at radius 3 is 1.69 bits per heavy atom. The normalized spacial score (nSPS) is 12.8. The molecule has 316 valence electrons. The number of nitrogens with one attached hydrogen (secondary N) is 4. The molecule has 0 saturated carbocycles. The van der Waals surface area contributed by atoms with E-state index in [9.17, 15) is 24.0 Å². The summed E-state index contributed by atoms with van der Waals surface area (Å²) >= 11 is 0. The van der Waals surface area contributed by atoms with Gasteiger partial charge < -0.3 is 26.0 Å². The van der Waals surface area contributed by atoms with E-state index in [1.54, 1.807) is 31.5 Å². The Kier molecular flexibility index (Phi) is 17.1. The van der Waals surface area contributed by atoms with Crippen LogP contribution in [-0.2, 0) is 47.1 Å². The van der Waals surface area contributed by atoms with Crippen molar-refractivity contribution in [1.82, 2.24) is 26.3 Å². The minimum absolute atomic E-state index is 0.0396. The maximum atomic E-state index is 14.3. The SMILES string of the molecule is CCOC(=O)/C=C/[C@H](CCC(=O)NC(c1ccccc1)(c1ccccc1)c1ccccc1)NC(=O)[C@H](Cc1ccccc1)NC(=O)[C@H](CC(C)C)NC(=O)Cc1ccncc1. The second-order valence-electron chi connectivity index (χ2n) is 15.2. The summed E-state index contributed by atoms with van der Waals surface area (Å²) in [5.41, 5.74) is 3.07. The first-order valence-corrected chi connectivity index (χ1v) is 20.7. The zero-order chi connectivity index (χ0) is 43.5. The largest absolute Gasteiger partial charge is 0.463 e. The quantitative estimate of drug-likeness (QED) is 0.0381. The van der Waals surface area contributed by atoms with Crippen LogP contribution in [0.1, 0.15) is 67.9 Å². The van der Waals surface area contributed by atoms with Gasteiger partial charge in [0.2, 0.25) is 23.6 Å². The Hall–Kier alpha value is -6.88. The Labute approximate surface area is 358 Å². The lowest BCUT2D eigenvalue weighted by molar-refractivity contribution is -0.137. The van der Waals surface area contributed by atoms with Crippen molar-refractivity contribution in [1.29, 1.82) is 0 Å². The monoisotopic (exact) mass is 821 g/mol. The number of carbonyl (C=O) groups is 5. The van der Waals surface area contributed by atoms with Gasteiger partial charge in [-0.2, -0.15) is 0 Å². The Bertz CT molecular complexity index is 2090. The molecule has 11 nitrogen and oxygen atoms in total. The average Bonchev–Trinajstić information content (AvgIpc) is 3.27. The zero-order valence-electron chi connectivity index (χ0n) is 35.0. The van der Waals surface area contributed by atoms with E-state index in [1.165, 1.54) is 12.2 Å². The standard InChI is InChI=1S/C50H55N5O6/c1-4-61-47(58)28-26-42(25-27-45(56)55-50(39-19-11-6-12-20-39,40-21-13-7-14-22-40)41-23-15-8-16-24-41)52-48(59)44(34-37-17-9-5-10-18-37)54-49(60)43(33-36(2)3)53-46(57)35-38-29-31-51-32-30-38/h5-24,26,28-32,36,42-44H,4,25,27,33-35H2,1-3H3,(H,52,59)(H,53,57)(H,54,60)(H,55,56)/b28-26+/t42-,43-,44-/m0/s1. The van der Waals surface area contributed by atoms with Crippen LogP contribution in [0, 0.1) is 5.92 Å². The number of nitrogens with zero attached hydrogens (tertiary/aromatic N) is 1. The average molecular weight is 822 g/mol. The van der Waals surface area contributed by atoms with Gasteiger partial charge in [0, 0.05) is 37.4 Å². The van der Waals surface area contributed by atoms with E-state index in [0.717, 1.165) is 27.8 Å². The number of aromatic nitrogens is 1. The molecule has 1 heterocycles. The number of benzene rings is 4. The van der Waals surface area contributed by atoms with Gasteiger partial charge in [-0.15, -0.1) is 0 Å². The van der Waals surface area contributed by atoms with E-state index in [-0.39, 0.29) is 50.0 Å². The van der Waals surface area contributed by atoms with Crippen LogP contribution in [0.25, 0.3) is 0 Å². The lowest BCUT2D eigenvalue weighted by Gasteiger charge is -2.37. The van der Waals surface area contributed by atoms with Crippen LogP contribution in [0.3, 0.4) is 0 Å². The summed E-state index contributed by atoms with van der Waals surface area (Å²) < 4.78 is 5.13. The highest BCUT2D eigenvalue weighted by Gasteiger charge is 2.38. The molecular formula is C50H55N5O6. The maximum absolute atomic E-state index is 14.3. The van der Waals surface area contributed by atoms with Crippen molar-refractivity contribution in [3.63, 3.8) is 0 Å². The van der Waals surface area contributed by atoms with Crippen LogP contribution in [-0.4, -0.2) is 59.3 Å². The summed E-state index contributed by atoms with van der Waals surface area (Å²) in [5, 5.41) is 12.1. The molecule has 61 heavy (non-hydrogen) atoms. The predicted octanol–water partition coefficient (Wildman–Crippen LogP) is 6.38. The van der Waals surface area contributed by atoms with E-state index in [1.807, 2.05) is 135 Å². The summed E-state index contributed by atoms with van der Waals surface area (Å²) in [4.78, 5) is 72.2. The summed E-state index contributed by atoms with van der Waals surface area (Å²) in [6.45, 7) is 5.75. The highest BCUT2D eigenvalue weighted by molar-refractivity contribution is 5.93. The summed E-state index contributed by atoms with van der Waals surface area (Å²) in [6, 6.07) is 39.1. The van der Waals surface area contributed by atoms with Gasteiger partial charge in [-0.3, -0.25) is 24.2 Å². The van der Waals surface area contributed by atoms with Gasteiger partial charge in [0.25, 0.3) is 0 Å². The molecule has 4 N–H and O–H groups in total. The molecule has 11 heteroatoms. The number of ether oxygens (including phenoxy) is 1. The summed E-state index contributed by atoms with van der Waals surface area (Å²) in [7, 11) is 0.